The molecule has 0 fully saturated rings. The van der Waals surface area contributed by atoms with Crippen molar-refractivity contribution in [2.75, 3.05) is 18.5 Å². The van der Waals surface area contributed by atoms with Crippen LogP contribution in [0.15, 0.2) is 54.6 Å². The number of halogens is 1. The smallest absolute Gasteiger partial charge is 0.342 e. The van der Waals surface area contributed by atoms with Gasteiger partial charge in [0.15, 0.2) is 0 Å². The highest BCUT2D eigenvalue weighted by Crippen LogP contribution is 2.25. The largest absolute Gasteiger partial charge is 0.462 e. The van der Waals surface area contributed by atoms with E-state index in [1.165, 1.54) is 12.1 Å². The number of aryl methyl sites for hydroxylation is 1. The van der Waals surface area contributed by atoms with Gasteiger partial charge in [-0.1, -0.05) is 42.5 Å². The van der Waals surface area contributed by atoms with E-state index < -0.39 is 5.97 Å². The van der Waals surface area contributed by atoms with Crippen LogP contribution in [-0.2, 0) is 11.2 Å². The van der Waals surface area contributed by atoms with E-state index in [0.717, 1.165) is 11.1 Å². The van der Waals surface area contributed by atoms with E-state index in [1.807, 2.05) is 30.3 Å². The first-order chi connectivity index (χ1) is 13.6. The number of hydrogen-bond acceptors (Lipinski definition) is 5. The van der Waals surface area contributed by atoms with Gasteiger partial charge in [0, 0.05) is 12.1 Å². The topological polar surface area (TPSA) is 64.1 Å². The summed E-state index contributed by atoms with van der Waals surface area (Å²) in [6, 6.07) is 15.9. The summed E-state index contributed by atoms with van der Waals surface area (Å²) in [6.45, 7) is 4.40. The van der Waals surface area contributed by atoms with Crippen LogP contribution in [0.25, 0.3) is 11.3 Å². The van der Waals surface area contributed by atoms with E-state index in [2.05, 4.69) is 15.3 Å². The van der Waals surface area contributed by atoms with Crippen LogP contribution in [0.4, 0.5) is 10.3 Å². The van der Waals surface area contributed by atoms with Gasteiger partial charge in [0.05, 0.1) is 18.0 Å². The fourth-order valence-electron chi connectivity index (χ4n) is 2.87. The van der Waals surface area contributed by atoms with Crippen molar-refractivity contribution in [1.29, 1.82) is 0 Å². The van der Waals surface area contributed by atoms with Crippen molar-refractivity contribution in [3.63, 3.8) is 0 Å². The molecule has 0 saturated heterocycles. The van der Waals surface area contributed by atoms with E-state index in [0.29, 0.717) is 35.9 Å². The Labute approximate surface area is 163 Å². The first-order valence-corrected chi connectivity index (χ1v) is 9.18. The minimum absolute atomic E-state index is 0.252. The van der Waals surface area contributed by atoms with Crippen LogP contribution in [0.1, 0.15) is 28.5 Å². The molecule has 0 unspecified atom stereocenters. The number of nitrogens with one attached hydrogen (secondary N) is 1. The Morgan fingerprint density at radius 3 is 2.46 bits per heavy atom. The molecule has 0 bridgehead atoms. The van der Waals surface area contributed by atoms with Crippen molar-refractivity contribution in [3.05, 3.63) is 77.2 Å². The second-order valence-electron chi connectivity index (χ2n) is 6.25. The maximum atomic E-state index is 13.0. The summed E-state index contributed by atoms with van der Waals surface area (Å²) in [5.41, 5.74) is 3.29. The van der Waals surface area contributed by atoms with Gasteiger partial charge in [-0.05, 0) is 38.0 Å². The molecule has 5 nitrogen and oxygen atoms in total. The first kappa shape index (κ1) is 19.5. The lowest BCUT2D eigenvalue weighted by atomic mass is 10.0. The number of esters is 1. The highest BCUT2D eigenvalue weighted by Gasteiger charge is 2.21. The zero-order chi connectivity index (χ0) is 19.9. The summed E-state index contributed by atoms with van der Waals surface area (Å²) < 4.78 is 18.2. The molecule has 144 valence electrons. The van der Waals surface area contributed by atoms with Crippen LogP contribution in [0.3, 0.4) is 0 Å². The number of hydrogen-bond donors (Lipinski definition) is 1. The van der Waals surface area contributed by atoms with Crippen LogP contribution >= 0.6 is 0 Å². The standard InChI is InChI=1S/C22H22FN3O2/c1-3-28-21(27)19-15(2)25-22(26-20(19)17-7-5-4-6-8-17)24-14-13-16-9-11-18(23)12-10-16/h4-12H,3,13-14H2,1-2H3,(H,24,25,26). The lowest BCUT2D eigenvalue weighted by molar-refractivity contribution is 0.0525. The predicted octanol–water partition coefficient (Wildman–Crippen LogP) is 4.42. The minimum atomic E-state index is -0.434. The zero-order valence-corrected chi connectivity index (χ0v) is 15.9. The van der Waals surface area contributed by atoms with Crippen molar-refractivity contribution in [2.24, 2.45) is 0 Å². The minimum Gasteiger partial charge on any atom is -0.462 e. The van der Waals surface area contributed by atoms with Crippen molar-refractivity contribution < 1.29 is 13.9 Å². The molecular weight excluding hydrogens is 357 g/mol. The molecule has 0 amide bonds. The summed E-state index contributed by atoms with van der Waals surface area (Å²) >= 11 is 0. The van der Waals surface area contributed by atoms with Gasteiger partial charge in [-0.2, -0.15) is 0 Å². The molecule has 0 aliphatic heterocycles. The van der Waals surface area contributed by atoms with E-state index in [4.69, 9.17) is 4.74 Å². The number of ether oxygens (including phenoxy) is 1. The second-order valence-corrected chi connectivity index (χ2v) is 6.25. The number of rotatable bonds is 7. The third kappa shape index (κ3) is 4.71. The Morgan fingerprint density at radius 2 is 1.79 bits per heavy atom. The Morgan fingerprint density at radius 1 is 1.07 bits per heavy atom. The lowest BCUT2D eigenvalue weighted by Gasteiger charge is -2.13. The molecule has 0 aliphatic carbocycles. The van der Waals surface area contributed by atoms with Crippen LogP contribution in [0.5, 0.6) is 0 Å². The number of carbonyl (C=O) groups is 1. The van der Waals surface area contributed by atoms with E-state index in [1.54, 1.807) is 26.0 Å². The van der Waals surface area contributed by atoms with Gasteiger partial charge in [0.25, 0.3) is 0 Å². The third-order valence-corrected chi connectivity index (χ3v) is 4.23. The average Bonchev–Trinajstić information content (AvgIpc) is 2.70. The molecule has 28 heavy (non-hydrogen) atoms. The van der Waals surface area contributed by atoms with E-state index in [9.17, 15) is 9.18 Å². The Hall–Kier alpha value is -3.28. The predicted molar refractivity (Wildman–Crippen MR) is 107 cm³/mol. The molecule has 2 aromatic carbocycles. The van der Waals surface area contributed by atoms with Gasteiger partial charge in [-0.25, -0.2) is 19.2 Å². The summed E-state index contributed by atoms with van der Waals surface area (Å²) in [4.78, 5) is 21.4. The Kier molecular flexibility index (Phi) is 6.32. The molecule has 0 spiro atoms. The Bertz CT molecular complexity index is 944. The number of aromatic nitrogens is 2. The van der Waals surface area contributed by atoms with Crippen molar-refractivity contribution in [2.45, 2.75) is 20.3 Å². The summed E-state index contributed by atoms with van der Waals surface area (Å²) in [5, 5.41) is 3.19. The fraction of sp³-hybridized carbons (Fsp3) is 0.227. The van der Waals surface area contributed by atoms with Crippen molar-refractivity contribution in [3.8, 4) is 11.3 Å². The quantitative estimate of drug-likeness (QED) is 0.616. The third-order valence-electron chi connectivity index (χ3n) is 4.23. The SMILES string of the molecule is CCOC(=O)c1c(C)nc(NCCc2ccc(F)cc2)nc1-c1ccccc1. The highest BCUT2D eigenvalue weighted by molar-refractivity contribution is 5.97. The van der Waals surface area contributed by atoms with Gasteiger partial charge >= 0.3 is 5.97 Å². The molecule has 1 N–H and O–H groups in total. The molecule has 3 aromatic rings. The normalized spacial score (nSPS) is 10.5. The van der Waals surface area contributed by atoms with E-state index >= 15 is 0 Å². The summed E-state index contributed by atoms with van der Waals surface area (Å²) in [5.74, 6) is -0.249. The monoisotopic (exact) mass is 379 g/mol. The lowest BCUT2D eigenvalue weighted by Crippen LogP contribution is -2.15. The second kappa shape index (κ2) is 9.08. The summed E-state index contributed by atoms with van der Waals surface area (Å²) in [6.07, 6.45) is 0.697. The molecule has 0 atom stereocenters. The molecule has 1 heterocycles. The average molecular weight is 379 g/mol. The van der Waals surface area contributed by atoms with Crippen LogP contribution in [0, 0.1) is 12.7 Å². The molecule has 0 radical (unpaired) electrons. The van der Waals surface area contributed by atoms with Crippen LogP contribution in [-0.4, -0.2) is 29.1 Å². The van der Waals surface area contributed by atoms with Crippen LogP contribution < -0.4 is 5.32 Å². The number of nitrogens with zero attached hydrogens (tertiary/aromatic N) is 2. The maximum Gasteiger partial charge on any atom is 0.342 e. The maximum absolute atomic E-state index is 13.0. The number of carbonyl (C=O) groups excluding carboxylic acids is 1. The van der Waals surface area contributed by atoms with Gasteiger partial charge in [-0.3, -0.25) is 0 Å². The molecule has 0 aliphatic rings. The number of anilines is 1. The zero-order valence-electron chi connectivity index (χ0n) is 15.9. The van der Waals surface area contributed by atoms with Crippen molar-refractivity contribution >= 4 is 11.9 Å². The molecule has 6 heteroatoms. The molecular formula is C22H22FN3O2. The van der Waals surface area contributed by atoms with Crippen molar-refractivity contribution in [1.82, 2.24) is 9.97 Å². The fourth-order valence-corrected chi connectivity index (χ4v) is 2.87. The molecule has 3 rings (SSSR count). The Balaban J connectivity index is 1.85. The van der Waals surface area contributed by atoms with E-state index in [-0.39, 0.29) is 12.4 Å². The summed E-state index contributed by atoms with van der Waals surface area (Å²) in [7, 11) is 0. The first-order valence-electron chi connectivity index (χ1n) is 9.18. The van der Waals surface area contributed by atoms with Crippen LogP contribution in [0.2, 0.25) is 0 Å². The van der Waals surface area contributed by atoms with Gasteiger partial charge in [-0.15, -0.1) is 0 Å². The van der Waals surface area contributed by atoms with Gasteiger partial charge in [0.2, 0.25) is 5.95 Å². The highest BCUT2D eigenvalue weighted by atomic mass is 19.1. The van der Waals surface area contributed by atoms with Gasteiger partial charge < -0.3 is 10.1 Å². The molecule has 1 aromatic heterocycles. The molecule has 0 saturated carbocycles. The van der Waals surface area contributed by atoms with Gasteiger partial charge in [0.1, 0.15) is 11.4 Å². The number of benzene rings is 2.